The summed E-state index contributed by atoms with van der Waals surface area (Å²) in [6.07, 6.45) is 3.89. The molecule has 4 nitrogen and oxygen atoms in total. The number of hydrogen-bond donors (Lipinski definition) is 0. The fourth-order valence-corrected chi connectivity index (χ4v) is 3.86. The third-order valence-corrected chi connectivity index (χ3v) is 5.11. The summed E-state index contributed by atoms with van der Waals surface area (Å²) in [5, 5.41) is 0. The molecule has 0 spiro atoms. The van der Waals surface area contributed by atoms with Gasteiger partial charge in [-0.15, -0.1) is 0 Å². The Kier molecular flexibility index (Phi) is 6.37. The average molecular weight is 373 g/mol. The minimum absolute atomic E-state index is 0.0482. The van der Waals surface area contributed by atoms with Crippen molar-refractivity contribution in [3.63, 3.8) is 0 Å². The predicted octanol–water partition coefficient (Wildman–Crippen LogP) is 4.23. The smallest absolute Gasteiger partial charge is 0.259 e. The van der Waals surface area contributed by atoms with Gasteiger partial charge in [-0.05, 0) is 56.0 Å². The molecule has 2 rings (SSSR count). The molecular formula is C22H28FNO3. The Morgan fingerprint density at radius 2 is 1.78 bits per heavy atom. The van der Waals surface area contributed by atoms with E-state index in [1.165, 1.54) is 25.3 Å². The van der Waals surface area contributed by atoms with Crippen LogP contribution in [0.3, 0.4) is 0 Å². The highest BCUT2D eigenvalue weighted by molar-refractivity contribution is 5.91. The van der Waals surface area contributed by atoms with Gasteiger partial charge in [-0.1, -0.05) is 32.1 Å². The van der Waals surface area contributed by atoms with Crippen molar-refractivity contribution < 1.29 is 18.7 Å². The maximum Gasteiger partial charge on any atom is 0.259 e. The van der Waals surface area contributed by atoms with Crippen molar-refractivity contribution in [1.82, 2.24) is 4.90 Å². The monoisotopic (exact) mass is 373 g/mol. The first-order valence-corrected chi connectivity index (χ1v) is 9.19. The highest BCUT2D eigenvalue weighted by Crippen LogP contribution is 2.47. The molecule has 0 radical (unpaired) electrons. The number of carbonyl (C=O) groups excluding carboxylic acids is 2. The van der Waals surface area contributed by atoms with Crippen molar-refractivity contribution in [2.45, 2.75) is 52.2 Å². The number of halogens is 1. The Morgan fingerprint density at radius 3 is 2.22 bits per heavy atom. The third kappa shape index (κ3) is 3.74. The van der Waals surface area contributed by atoms with E-state index in [-0.39, 0.29) is 23.7 Å². The number of hydrogen-bond acceptors (Lipinski definition) is 3. The molecule has 0 fully saturated rings. The predicted molar refractivity (Wildman–Crippen MR) is 104 cm³/mol. The van der Waals surface area contributed by atoms with Gasteiger partial charge in [-0.25, -0.2) is 4.39 Å². The van der Waals surface area contributed by atoms with Crippen LogP contribution in [-0.2, 0) is 14.3 Å². The van der Waals surface area contributed by atoms with Gasteiger partial charge < -0.3 is 9.64 Å². The number of carbonyl (C=O) groups is 2. The average Bonchev–Trinajstić information content (AvgIpc) is 2.62. The van der Waals surface area contributed by atoms with Crippen molar-refractivity contribution >= 4 is 12.2 Å². The first kappa shape index (κ1) is 21.0. The summed E-state index contributed by atoms with van der Waals surface area (Å²) in [7, 11) is 1.51. The van der Waals surface area contributed by atoms with Crippen molar-refractivity contribution in [2.75, 3.05) is 7.11 Å². The van der Waals surface area contributed by atoms with Crippen LogP contribution in [0, 0.1) is 11.7 Å². The van der Waals surface area contributed by atoms with E-state index in [9.17, 15) is 14.0 Å². The quantitative estimate of drug-likeness (QED) is 0.554. The summed E-state index contributed by atoms with van der Waals surface area (Å²) in [5.41, 5.74) is 1.28. The summed E-state index contributed by atoms with van der Waals surface area (Å²) in [6.45, 7) is 9.70. The van der Waals surface area contributed by atoms with Crippen molar-refractivity contribution in [2.24, 2.45) is 5.92 Å². The zero-order valence-electron chi connectivity index (χ0n) is 16.8. The molecule has 1 aliphatic rings. The van der Waals surface area contributed by atoms with E-state index in [0.29, 0.717) is 6.29 Å². The lowest BCUT2D eigenvalue weighted by Gasteiger charge is -2.48. The summed E-state index contributed by atoms with van der Waals surface area (Å²) in [5.74, 6) is -0.894. The van der Waals surface area contributed by atoms with Crippen LogP contribution in [0.1, 0.15) is 46.1 Å². The van der Waals surface area contributed by atoms with E-state index in [4.69, 9.17) is 4.74 Å². The van der Waals surface area contributed by atoms with Gasteiger partial charge in [0.1, 0.15) is 12.1 Å². The van der Waals surface area contributed by atoms with Crippen LogP contribution in [0.2, 0.25) is 0 Å². The number of aldehydes is 1. The molecule has 1 amide bonds. The third-order valence-electron chi connectivity index (χ3n) is 5.11. The highest BCUT2D eigenvalue weighted by Gasteiger charge is 2.52. The van der Waals surface area contributed by atoms with E-state index < -0.39 is 11.5 Å². The van der Waals surface area contributed by atoms with Gasteiger partial charge in [-0.3, -0.25) is 9.59 Å². The Labute approximate surface area is 160 Å². The lowest BCUT2D eigenvalue weighted by molar-refractivity contribution is -0.157. The first-order valence-electron chi connectivity index (χ1n) is 9.19. The second-order valence-electron chi connectivity index (χ2n) is 7.56. The maximum atomic E-state index is 13.5. The summed E-state index contributed by atoms with van der Waals surface area (Å²) in [6, 6.07) is 6.02. The van der Waals surface area contributed by atoms with E-state index >= 15 is 0 Å². The molecule has 0 bridgehead atoms. The molecular weight excluding hydrogens is 345 g/mol. The van der Waals surface area contributed by atoms with Crippen LogP contribution in [0.25, 0.3) is 0 Å². The number of methoxy groups -OCH3 is 1. The van der Waals surface area contributed by atoms with Crippen molar-refractivity contribution in [3.05, 3.63) is 59.1 Å². The number of ether oxygens (including phenoxy) is 1. The zero-order chi connectivity index (χ0) is 20.4. The largest absolute Gasteiger partial charge is 0.368 e. The molecule has 2 unspecified atom stereocenters. The lowest BCUT2D eigenvalue weighted by atomic mass is 9.71. The fraction of sp³-hybridized carbons (Fsp3) is 0.455. The molecule has 0 aromatic heterocycles. The summed E-state index contributed by atoms with van der Waals surface area (Å²) < 4.78 is 19.3. The Bertz CT molecular complexity index is 764. The summed E-state index contributed by atoms with van der Waals surface area (Å²) in [4.78, 5) is 26.3. The molecule has 1 aromatic rings. The number of allylic oxidation sites excluding steroid dienone is 3. The van der Waals surface area contributed by atoms with E-state index in [2.05, 4.69) is 0 Å². The normalized spacial score (nSPS) is 23.8. The van der Waals surface area contributed by atoms with Crippen LogP contribution < -0.4 is 0 Å². The number of nitrogens with zero attached hydrogens (tertiary/aromatic N) is 1. The zero-order valence-corrected chi connectivity index (χ0v) is 16.8. The molecule has 1 aromatic carbocycles. The molecule has 0 N–H and O–H groups in total. The Balaban J connectivity index is 2.88. The van der Waals surface area contributed by atoms with E-state index in [1.807, 2.05) is 27.7 Å². The van der Waals surface area contributed by atoms with Crippen LogP contribution in [0.5, 0.6) is 0 Å². The molecule has 0 saturated heterocycles. The number of amides is 1. The van der Waals surface area contributed by atoms with Gasteiger partial charge in [0, 0.05) is 24.8 Å². The first-order chi connectivity index (χ1) is 12.7. The second kappa shape index (κ2) is 8.17. The molecule has 146 valence electrons. The Morgan fingerprint density at radius 1 is 1.19 bits per heavy atom. The van der Waals surface area contributed by atoms with Crippen LogP contribution in [0.15, 0.2) is 47.7 Å². The summed E-state index contributed by atoms with van der Waals surface area (Å²) >= 11 is 0. The van der Waals surface area contributed by atoms with E-state index in [0.717, 1.165) is 16.8 Å². The minimum atomic E-state index is -1.18. The maximum absolute atomic E-state index is 13.5. The fourth-order valence-electron chi connectivity index (χ4n) is 3.86. The lowest BCUT2D eigenvalue weighted by Crippen LogP contribution is -2.58. The molecule has 27 heavy (non-hydrogen) atoms. The standard InChI is InChI=1S/C22H28FNO3/c1-14(2)20-18(8-7-13-25)19(16-9-11-17(23)12-10-16)22(5,27-6)21(26)24(20)15(3)4/h7-15,19H,1-6H3. The second-order valence-corrected chi connectivity index (χ2v) is 7.56. The molecule has 0 aliphatic carbocycles. The van der Waals surface area contributed by atoms with E-state index in [1.54, 1.807) is 30.0 Å². The minimum Gasteiger partial charge on any atom is -0.368 e. The SMILES string of the molecule is COC1(C)C(=O)N(C(C)C)C(C(C)C)=C(C=CC=O)C1c1ccc(F)cc1. The number of rotatable bonds is 6. The van der Waals surface area contributed by atoms with Gasteiger partial charge in [0.2, 0.25) is 0 Å². The van der Waals surface area contributed by atoms with Gasteiger partial charge in [-0.2, -0.15) is 0 Å². The molecule has 2 atom stereocenters. The molecule has 5 heteroatoms. The molecule has 0 saturated carbocycles. The van der Waals surface area contributed by atoms with Crippen molar-refractivity contribution in [1.29, 1.82) is 0 Å². The molecule has 1 aliphatic heterocycles. The van der Waals surface area contributed by atoms with Gasteiger partial charge >= 0.3 is 0 Å². The van der Waals surface area contributed by atoms with Gasteiger partial charge in [0.15, 0.2) is 5.60 Å². The van der Waals surface area contributed by atoms with Gasteiger partial charge in [0.25, 0.3) is 5.91 Å². The van der Waals surface area contributed by atoms with Gasteiger partial charge in [0.05, 0.1) is 0 Å². The Hall–Kier alpha value is -2.27. The highest BCUT2D eigenvalue weighted by atomic mass is 19.1. The van der Waals surface area contributed by atoms with Crippen molar-refractivity contribution in [3.8, 4) is 0 Å². The van der Waals surface area contributed by atoms with Crippen LogP contribution >= 0.6 is 0 Å². The topological polar surface area (TPSA) is 46.6 Å². The number of benzene rings is 1. The molecule has 1 heterocycles. The van der Waals surface area contributed by atoms with Crippen LogP contribution in [-0.4, -0.2) is 35.8 Å². The van der Waals surface area contributed by atoms with Crippen LogP contribution in [0.4, 0.5) is 4.39 Å².